The van der Waals surface area contributed by atoms with Crippen LogP contribution in [0.5, 0.6) is 0 Å². The van der Waals surface area contributed by atoms with Crippen molar-refractivity contribution in [3.05, 3.63) is 18.5 Å². The molecule has 0 amide bonds. The molecule has 1 aliphatic rings. The zero-order valence-corrected chi connectivity index (χ0v) is 13.1. The Labute approximate surface area is 126 Å². The summed E-state index contributed by atoms with van der Waals surface area (Å²) in [6, 6.07) is 2.25. The van der Waals surface area contributed by atoms with Gasteiger partial charge in [-0.25, -0.2) is 0 Å². The van der Waals surface area contributed by atoms with Gasteiger partial charge in [0.2, 0.25) is 0 Å². The van der Waals surface area contributed by atoms with Crippen molar-refractivity contribution in [3.63, 3.8) is 0 Å². The number of aromatic nitrogens is 2. The van der Waals surface area contributed by atoms with E-state index in [1.54, 1.807) is 0 Å². The molecule has 2 N–H and O–H groups in total. The lowest BCUT2D eigenvalue weighted by Gasteiger charge is -2.38. The molecule has 2 rings (SSSR count). The summed E-state index contributed by atoms with van der Waals surface area (Å²) in [6.45, 7) is 8.49. The van der Waals surface area contributed by atoms with E-state index >= 15 is 0 Å². The van der Waals surface area contributed by atoms with Crippen LogP contribution >= 0.6 is 12.2 Å². The number of hydrogen-bond acceptors (Lipinski definition) is 4. The van der Waals surface area contributed by atoms with Gasteiger partial charge >= 0.3 is 0 Å². The Morgan fingerprint density at radius 3 is 2.60 bits per heavy atom. The lowest BCUT2D eigenvalue weighted by Crippen LogP contribution is -2.54. The summed E-state index contributed by atoms with van der Waals surface area (Å²) < 4.78 is 1.99. The molecule has 112 valence electrons. The van der Waals surface area contributed by atoms with E-state index in [2.05, 4.69) is 21.8 Å². The summed E-state index contributed by atoms with van der Waals surface area (Å²) in [5, 5.41) is 4.24. The lowest BCUT2D eigenvalue weighted by atomic mass is 10.1. The van der Waals surface area contributed by atoms with Crippen LogP contribution in [0, 0.1) is 0 Å². The van der Waals surface area contributed by atoms with E-state index in [0.717, 1.165) is 52.1 Å². The maximum Gasteiger partial charge on any atom is 0.0902 e. The fraction of sp³-hybridized carbons (Fsp3) is 0.714. The van der Waals surface area contributed by atoms with Crippen molar-refractivity contribution in [3.8, 4) is 0 Å². The minimum atomic E-state index is 0.281. The van der Waals surface area contributed by atoms with Crippen LogP contribution in [0.15, 0.2) is 18.5 Å². The number of nitrogens with zero attached hydrogens (tertiary/aromatic N) is 4. The first-order chi connectivity index (χ1) is 9.70. The van der Waals surface area contributed by atoms with E-state index in [1.165, 1.54) is 0 Å². The van der Waals surface area contributed by atoms with Gasteiger partial charge in [-0.1, -0.05) is 25.6 Å². The second-order valence-corrected chi connectivity index (χ2v) is 5.82. The fourth-order valence-corrected chi connectivity index (χ4v) is 3.02. The highest BCUT2D eigenvalue weighted by atomic mass is 32.1. The third kappa shape index (κ3) is 4.26. The normalized spacial score (nSPS) is 19.1. The smallest absolute Gasteiger partial charge is 0.0902 e. The zero-order chi connectivity index (χ0) is 14.4. The molecular weight excluding hydrogens is 270 g/mol. The molecular formula is C14H25N5S. The van der Waals surface area contributed by atoms with Crippen LogP contribution in [-0.2, 0) is 6.54 Å². The van der Waals surface area contributed by atoms with E-state index in [9.17, 15) is 0 Å². The van der Waals surface area contributed by atoms with Crippen LogP contribution in [0.4, 0.5) is 0 Å². The van der Waals surface area contributed by atoms with Crippen molar-refractivity contribution in [2.45, 2.75) is 32.4 Å². The molecule has 20 heavy (non-hydrogen) atoms. The third-order valence-corrected chi connectivity index (χ3v) is 4.21. The van der Waals surface area contributed by atoms with Crippen LogP contribution in [-0.4, -0.2) is 63.3 Å². The summed E-state index contributed by atoms with van der Waals surface area (Å²) in [5.41, 5.74) is 5.88. The molecule has 1 aromatic rings. The second kappa shape index (κ2) is 7.71. The molecule has 1 saturated heterocycles. The van der Waals surface area contributed by atoms with Crippen molar-refractivity contribution in [1.82, 2.24) is 19.6 Å². The largest absolute Gasteiger partial charge is 0.392 e. The summed E-state index contributed by atoms with van der Waals surface area (Å²) >= 11 is 5.21. The van der Waals surface area contributed by atoms with Crippen LogP contribution < -0.4 is 5.73 Å². The summed E-state index contributed by atoms with van der Waals surface area (Å²) in [6.07, 6.45) is 6.04. The predicted molar refractivity (Wildman–Crippen MR) is 85.7 cm³/mol. The van der Waals surface area contributed by atoms with E-state index in [4.69, 9.17) is 18.0 Å². The summed E-state index contributed by atoms with van der Waals surface area (Å²) in [4.78, 5) is 5.58. The van der Waals surface area contributed by atoms with Crippen molar-refractivity contribution in [1.29, 1.82) is 0 Å². The quantitative estimate of drug-likeness (QED) is 0.759. The lowest BCUT2D eigenvalue weighted by molar-refractivity contribution is 0.111. The highest BCUT2D eigenvalue weighted by molar-refractivity contribution is 7.80. The SMILES string of the molecule is CCCC(C(N)=S)N1CCN(CCn2cccn2)CC1. The van der Waals surface area contributed by atoms with E-state index < -0.39 is 0 Å². The molecule has 0 spiro atoms. The fourth-order valence-electron chi connectivity index (χ4n) is 2.75. The van der Waals surface area contributed by atoms with E-state index in [1.807, 2.05) is 23.1 Å². The van der Waals surface area contributed by atoms with Crippen LogP contribution in [0.3, 0.4) is 0 Å². The molecule has 0 aromatic carbocycles. The highest BCUT2D eigenvalue weighted by Gasteiger charge is 2.24. The molecule has 1 fully saturated rings. The van der Waals surface area contributed by atoms with Crippen LogP contribution in [0.1, 0.15) is 19.8 Å². The van der Waals surface area contributed by atoms with Gasteiger partial charge in [0.25, 0.3) is 0 Å². The van der Waals surface area contributed by atoms with Crippen molar-refractivity contribution < 1.29 is 0 Å². The average molecular weight is 295 g/mol. The van der Waals surface area contributed by atoms with Gasteiger partial charge in [0.15, 0.2) is 0 Å². The number of thiocarbonyl (C=S) groups is 1. The molecule has 0 saturated carbocycles. The van der Waals surface area contributed by atoms with E-state index in [-0.39, 0.29) is 6.04 Å². The van der Waals surface area contributed by atoms with Crippen LogP contribution in [0.25, 0.3) is 0 Å². The van der Waals surface area contributed by atoms with Crippen molar-refractivity contribution in [2.24, 2.45) is 5.73 Å². The topological polar surface area (TPSA) is 50.3 Å². The molecule has 0 aliphatic carbocycles. The van der Waals surface area contributed by atoms with Gasteiger partial charge < -0.3 is 5.73 Å². The van der Waals surface area contributed by atoms with Crippen molar-refractivity contribution in [2.75, 3.05) is 32.7 Å². The van der Waals surface area contributed by atoms with E-state index in [0.29, 0.717) is 4.99 Å². The Balaban J connectivity index is 1.75. The van der Waals surface area contributed by atoms with Gasteiger partial charge in [0, 0.05) is 45.1 Å². The molecule has 1 atom stereocenters. The Bertz CT molecular complexity index is 398. The molecule has 1 aromatic heterocycles. The number of piperazine rings is 1. The number of hydrogen-bond donors (Lipinski definition) is 1. The molecule has 6 heteroatoms. The number of rotatable bonds is 7. The maximum absolute atomic E-state index is 5.88. The van der Waals surface area contributed by atoms with Gasteiger partial charge in [0.05, 0.1) is 17.6 Å². The van der Waals surface area contributed by atoms with Gasteiger partial charge in [-0.15, -0.1) is 0 Å². The van der Waals surface area contributed by atoms with Gasteiger partial charge in [-0.3, -0.25) is 14.5 Å². The first-order valence-corrected chi connectivity index (χ1v) is 7.84. The highest BCUT2D eigenvalue weighted by Crippen LogP contribution is 2.11. The molecule has 2 heterocycles. The van der Waals surface area contributed by atoms with Crippen LogP contribution in [0.2, 0.25) is 0 Å². The Morgan fingerprint density at radius 1 is 1.30 bits per heavy atom. The molecule has 5 nitrogen and oxygen atoms in total. The first kappa shape index (κ1) is 15.4. The van der Waals surface area contributed by atoms with Gasteiger partial charge in [0.1, 0.15) is 0 Å². The van der Waals surface area contributed by atoms with Gasteiger partial charge in [-0.05, 0) is 12.5 Å². The predicted octanol–water partition coefficient (Wildman–Crippen LogP) is 0.956. The molecule has 0 radical (unpaired) electrons. The molecule has 1 unspecified atom stereocenters. The summed E-state index contributed by atoms with van der Waals surface area (Å²) in [7, 11) is 0. The standard InChI is InChI=1S/C14H25N5S/c1-2-4-13(14(15)20)18-10-7-17(8-11-18)9-12-19-6-3-5-16-19/h3,5-6,13H,2,4,7-12H2,1H3,(H2,15,20). The van der Waals surface area contributed by atoms with Gasteiger partial charge in [-0.2, -0.15) is 5.10 Å². The number of nitrogens with two attached hydrogens (primary N) is 1. The molecule has 0 bridgehead atoms. The third-order valence-electron chi connectivity index (χ3n) is 3.94. The monoisotopic (exact) mass is 295 g/mol. The summed E-state index contributed by atoms with van der Waals surface area (Å²) in [5.74, 6) is 0. The Kier molecular flexibility index (Phi) is 5.94. The van der Waals surface area contributed by atoms with Crippen molar-refractivity contribution >= 4 is 17.2 Å². The molecule has 1 aliphatic heterocycles. The second-order valence-electron chi connectivity index (χ2n) is 5.35. The maximum atomic E-state index is 5.88. The Hall–Kier alpha value is -0.980. The first-order valence-electron chi connectivity index (χ1n) is 7.44. The average Bonchev–Trinajstić information content (AvgIpc) is 2.96. The minimum absolute atomic E-state index is 0.281. The zero-order valence-electron chi connectivity index (χ0n) is 12.2. The Morgan fingerprint density at radius 2 is 2.05 bits per heavy atom. The minimum Gasteiger partial charge on any atom is -0.392 e.